The van der Waals surface area contributed by atoms with E-state index in [1.807, 2.05) is 31.2 Å². The quantitative estimate of drug-likeness (QED) is 0.580. The summed E-state index contributed by atoms with van der Waals surface area (Å²) < 4.78 is 6.00. The second-order valence-electron chi connectivity index (χ2n) is 7.12. The van der Waals surface area contributed by atoms with Crippen molar-refractivity contribution in [2.75, 3.05) is 24.1 Å². The molecule has 6 nitrogen and oxygen atoms in total. The largest absolute Gasteiger partial charge is 0.503 e. The van der Waals surface area contributed by atoms with Gasteiger partial charge >= 0.3 is 0 Å². The average Bonchev–Trinajstić information content (AvgIpc) is 2.77. The van der Waals surface area contributed by atoms with E-state index in [1.165, 1.54) is 11.8 Å². The first kappa shape index (κ1) is 21.9. The highest BCUT2D eigenvalue weighted by atomic mass is 79.9. The number of ether oxygens (including phenoxy) is 1. The van der Waals surface area contributed by atoms with Crippen molar-refractivity contribution >= 4 is 50.9 Å². The van der Waals surface area contributed by atoms with E-state index in [2.05, 4.69) is 26.9 Å². The van der Waals surface area contributed by atoms with E-state index < -0.39 is 5.92 Å². The Morgan fingerprint density at radius 2 is 2.10 bits per heavy atom. The maximum atomic E-state index is 13.1. The van der Waals surface area contributed by atoms with E-state index >= 15 is 0 Å². The summed E-state index contributed by atoms with van der Waals surface area (Å²) in [4.78, 5) is 16.8. The molecule has 1 atom stereocenters. The Morgan fingerprint density at radius 1 is 1.35 bits per heavy atom. The highest BCUT2D eigenvalue weighted by molar-refractivity contribution is 9.10. The molecule has 2 aliphatic rings. The number of hydrogen-bond donors (Lipinski definition) is 1. The molecule has 0 bridgehead atoms. The lowest BCUT2D eigenvalue weighted by molar-refractivity contribution is -0.129. The highest BCUT2D eigenvalue weighted by Crippen LogP contribution is 2.46. The van der Waals surface area contributed by atoms with Crippen LogP contribution in [-0.4, -0.2) is 35.1 Å². The molecular formula is C22H19BrClN3O3S. The Morgan fingerprint density at radius 3 is 2.77 bits per heavy atom. The monoisotopic (exact) mass is 519 g/mol. The van der Waals surface area contributed by atoms with E-state index in [0.29, 0.717) is 45.0 Å². The van der Waals surface area contributed by atoms with Gasteiger partial charge in [-0.3, -0.25) is 9.69 Å². The molecule has 1 fully saturated rings. The molecule has 31 heavy (non-hydrogen) atoms. The van der Waals surface area contributed by atoms with Crippen LogP contribution in [0.25, 0.3) is 0 Å². The summed E-state index contributed by atoms with van der Waals surface area (Å²) in [7, 11) is 0. The molecular weight excluding hydrogens is 502 g/mol. The van der Waals surface area contributed by atoms with Crippen LogP contribution in [0.15, 0.2) is 51.5 Å². The van der Waals surface area contributed by atoms with Crippen LogP contribution < -0.4 is 9.64 Å². The summed E-state index contributed by atoms with van der Waals surface area (Å²) >= 11 is 10.8. The van der Waals surface area contributed by atoms with Crippen molar-refractivity contribution in [1.29, 1.82) is 5.26 Å². The Balaban J connectivity index is 1.68. The van der Waals surface area contributed by atoms with Crippen molar-refractivity contribution in [1.82, 2.24) is 4.90 Å². The van der Waals surface area contributed by atoms with E-state index in [1.54, 1.807) is 17.0 Å². The molecule has 1 amide bonds. The van der Waals surface area contributed by atoms with Gasteiger partial charge in [-0.05, 0) is 64.8 Å². The number of benzene rings is 2. The molecule has 1 saturated heterocycles. The molecule has 0 spiro atoms. The van der Waals surface area contributed by atoms with Crippen molar-refractivity contribution in [3.8, 4) is 17.6 Å². The molecule has 2 aromatic carbocycles. The van der Waals surface area contributed by atoms with E-state index in [4.69, 9.17) is 16.3 Å². The number of hydrogen-bond acceptors (Lipinski definition) is 6. The predicted molar refractivity (Wildman–Crippen MR) is 125 cm³/mol. The number of anilines is 1. The molecule has 0 aromatic heterocycles. The average molecular weight is 521 g/mol. The fourth-order valence-corrected chi connectivity index (χ4v) is 5.48. The van der Waals surface area contributed by atoms with E-state index in [9.17, 15) is 15.2 Å². The van der Waals surface area contributed by atoms with Gasteiger partial charge in [-0.25, -0.2) is 0 Å². The molecule has 4 rings (SSSR count). The number of halogens is 2. The van der Waals surface area contributed by atoms with Crippen molar-refractivity contribution in [3.63, 3.8) is 0 Å². The zero-order valence-electron chi connectivity index (χ0n) is 16.6. The van der Waals surface area contributed by atoms with Crippen molar-refractivity contribution in [3.05, 3.63) is 62.1 Å². The molecule has 9 heteroatoms. The smallest absolute Gasteiger partial charge is 0.229 e. The normalized spacial score (nSPS) is 18.6. The number of rotatable bonds is 4. The third kappa shape index (κ3) is 4.22. The van der Waals surface area contributed by atoms with E-state index in [-0.39, 0.29) is 18.1 Å². The molecule has 1 unspecified atom stereocenters. The Bertz CT molecular complexity index is 1100. The van der Waals surface area contributed by atoms with Gasteiger partial charge in [0.2, 0.25) is 5.91 Å². The van der Waals surface area contributed by atoms with Gasteiger partial charge in [-0.15, -0.1) is 0 Å². The maximum absolute atomic E-state index is 13.1. The first-order chi connectivity index (χ1) is 14.9. The van der Waals surface area contributed by atoms with Crippen molar-refractivity contribution < 1.29 is 14.6 Å². The zero-order chi connectivity index (χ0) is 22.1. The number of nitrogens with zero attached hydrogens (tertiary/aromatic N) is 3. The van der Waals surface area contributed by atoms with Crippen LogP contribution in [0, 0.1) is 11.3 Å². The highest BCUT2D eigenvalue weighted by Gasteiger charge is 2.38. The number of amides is 1. The zero-order valence-corrected chi connectivity index (χ0v) is 19.8. The summed E-state index contributed by atoms with van der Waals surface area (Å²) in [6.07, 6.45) is 0.171. The minimum atomic E-state index is -0.394. The SMILES string of the molecule is CCOc1cc(C2CC(=O)N3CN(c4ccc(Cl)cc4)CSC3=C2C#N)cc(Br)c1O. The van der Waals surface area contributed by atoms with Crippen LogP contribution in [0.5, 0.6) is 11.5 Å². The number of phenolic OH excluding ortho intramolecular Hbond substituents is 1. The molecule has 2 aliphatic heterocycles. The Hall–Kier alpha value is -2.34. The Kier molecular flexibility index (Phi) is 6.37. The molecule has 0 radical (unpaired) electrons. The fourth-order valence-electron chi connectivity index (χ4n) is 3.72. The maximum Gasteiger partial charge on any atom is 0.229 e. The summed E-state index contributed by atoms with van der Waals surface area (Å²) in [6.45, 7) is 2.60. The van der Waals surface area contributed by atoms with Crippen molar-refractivity contribution in [2.45, 2.75) is 19.3 Å². The number of thioether (sulfide) groups is 1. The summed E-state index contributed by atoms with van der Waals surface area (Å²) in [5, 5.41) is 21.6. The lowest BCUT2D eigenvalue weighted by Gasteiger charge is -2.42. The van der Waals surface area contributed by atoms with Gasteiger partial charge in [-0.2, -0.15) is 5.26 Å². The lowest BCUT2D eigenvalue weighted by Crippen LogP contribution is -2.47. The predicted octanol–water partition coefficient (Wildman–Crippen LogP) is 5.43. The van der Waals surface area contributed by atoms with Crippen LogP contribution in [0.1, 0.15) is 24.8 Å². The number of carbonyl (C=O) groups excluding carboxylic acids is 1. The van der Waals surface area contributed by atoms with Crippen LogP contribution in [0.3, 0.4) is 0 Å². The van der Waals surface area contributed by atoms with Gasteiger partial charge < -0.3 is 14.7 Å². The van der Waals surface area contributed by atoms with Gasteiger partial charge in [0.25, 0.3) is 0 Å². The Labute approximate surface area is 198 Å². The number of nitriles is 1. The van der Waals surface area contributed by atoms with Gasteiger partial charge in [0.15, 0.2) is 11.5 Å². The molecule has 2 heterocycles. The van der Waals surface area contributed by atoms with Gasteiger partial charge in [-0.1, -0.05) is 23.4 Å². The van der Waals surface area contributed by atoms with Crippen LogP contribution >= 0.6 is 39.3 Å². The summed E-state index contributed by atoms with van der Waals surface area (Å²) in [5.74, 6) is 0.504. The first-order valence-electron chi connectivity index (χ1n) is 9.66. The number of carbonyl (C=O) groups is 1. The van der Waals surface area contributed by atoms with Gasteiger partial charge in [0.05, 0.1) is 40.3 Å². The molecule has 0 saturated carbocycles. The van der Waals surface area contributed by atoms with Crippen LogP contribution in [0.2, 0.25) is 5.02 Å². The number of fused-ring (bicyclic) bond motifs is 1. The standard InChI is InChI=1S/C22H19BrClN3O3S/c1-2-30-19-8-13(7-18(23)21(19)29)16-9-20(28)27-11-26(12-31-22(27)17(16)10-25)15-5-3-14(24)4-6-15/h3-8,16,29H,2,9,11-12H2,1H3. The molecule has 1 N–H and O–H groups in total. The fraction of sp³-hybridized carbons (Fsp3) is 0.273. The second kappa shape index (κ2) is 9.03. The summed E-state index contributed by atoms with van der Waals surface area (Å²) in [5.41, 5.74) is 2.28. The van der Waals surface area contributed by atoms with Crippen molar-refractivity contribution in [2.24, 2.45) is 0 Å². The third-order valence-corrected chi connectivity index (χ3v) is 7.25. The van der Waals surface area contributed by atoms with Gasteiger partial charge in [0.1, 0.15) is 0 Å². The summed E-state index contributed by atoms with van der Waals surface area (Å²) in [6, 6.07) is 13.3. The van der Waals surface area contributed by atoms with Crippen LogP contribution in [-0.2, 0) is 4.79 Å². The number of allylic oxidation sites excluding steroid dienone is 1. The minimum Gasteiger partial charge on any atom is -0.503 e. The van der Waals surface area contributed by atoms with Gasteiger partial charge in [0, 0.05) is 23.0 Å². The topological polar surface area (TPSA) is 76.8 Å². The molecule has 160 valence electrons. The molecule has 0 aliphatic carbocycles. The number of phenols is 1. The second-order valence-corrected chi connectivity index (χ2v) is 9.35. The molecule has 2 aromatic rings. The first-order valence-corrected chi connectivity index (χ1v) is 11.8. The third-order valence-electron chi connectivity index (χ3n) is 5.24. The number of aromatic hydroxyl groups is 1. The van der Waals surface area contributed by atoms with Crippen LogP contribution in [0.4, 0.5) is 5.69 Å². The minimum absolute atomic E-state index is 0.00571. The van der Waals surface area contributed by atoms with E-state index in [0.717, 1.165) is 11.3 Å². The lowest BCUT2D eigenvalue weighted by atomic mass is 9.86.